The number of benzene rings is 1. The highest BCUT2D eigenvalue weighted by Gasteiger charge is 2.16. The molecule has 0 aliphatic carbocycles. The van der Waals surface area contributed by atoms with Gasteiger partial charge in [0.15, 0.2) is 15.0 Å². The third kappa shape index (κ3) is 3.64. The van der Waals surface area contributed by atoms with Crippen molar-refractivity contribution in [2.24, 2.45) is 10.2 Å². The van der Waals surface area contributed by atoms with E-state index < -0.39 is 15.7 Å². The summed E-state index contributed by atoms with van der Waals surface area (Å²) in [5, 5.41) is 10.1. The highest BCUT2D eigenvalue weighted by Crippen LogP contribution is 2.14. The van der Waals surface area contributed by atoms with Crippen molar-refractivity contribution in [3.63, 3.8) is 0 Å². The minimum atomic E-state index is -3.42. The molecule has 0 saturated carbocycles. The minimum Gasteiger partial charge on any atom is -0.303 e. The number of hydrogen-bond donors (Lipinski definition) is 1. The van der Waals surface area contributed by atoms with Crippen LogP contribution in [0.1, 0.15) is 5.56 Å². The molecule has 1 amide bonds. The van der Waals surface area contributed by atoms with Crippen molar-refractivity contribution in [1.82, 2.24) is 5.32 Å². The number of halogens is 1. The van der Waals surface area contributed by atoms with E-state index in [0.29, 0.717) is 5.17 Å². The van der Waals surface area contributed by atoms with E-state index in [1.807, 2.05) is 0 Å². The number of rotatable bonds is 3. The first-order chi connectivity index (χ1) is 9.36. The van der Waals surface area contributed by atoms with Gasteiger partial charge >= 0.3 is 0 Å². The first-order valence-corrected chi connectivity index (χ1v) is 8.27. The summed E-state index contributed by atoms with van der Waals surface area (Å²) in [5.41, 5.74) is 0.00611. The molecule has 6 nitrogen and oxygen atoms in total. The van der Waals surface area contributed by atoms with Gasteiger partial charge in [0.2, 0.25) is 5.91 Å². The molecule has 0 radical (unpaired) electrons. The van der Waals surface area contributed by atoms with Crippen LogP contribution in [0.5, 0.6) is 0 Å². The summed E-state index contributed by atoms with van der Waals surface area (Å²) in [6.07, 6.45) is 2.13. The summed E-state index contributed by atoms with van der Waals surface area (Å²) in [4.78, 5) is 10.9. The molecule has 9 heteroatoms. The second-order valence-corrected chi connectivity index (χ2v) is 6.92. The zero-order valence-electron chi connectivity index (χ0n) is 10.3. The Morgan fingerprint density at radius 3 is 2.80 bits per heavy atom. The van der Waals surface area contributed by atoms with Gasteiger partial charge in [0, 0.05) is 11.8 Å². The third-order valence-electron chi connectivity index (χ3n) is 2.33. The van der Waals surface area contributed by atoms with E-state index in [-0.39, 0.29) is 22.1 Å². The molecule has 2 rings (SSSR count). The van der Waals surface area contributed by atoms with E-state index in [0.717, 1.165) is 18.5 Å². The van der Waals surface area contributed by atoms with Gasteiger partial charge in [-0.3, -0.25) is 4.79 Å². The average molecular weight is 315 g/mol. The minimum absolute atomic E-state index is 0.00320. The number of amidine groups is 1. The molecule has 1 aromatic rings. The van der Waals surface area contributed by atoms with Crippen LogP contribution in [0.2, 0.25) is 0 Å². The van der Waals surface area contributed by atoms with E-state index >= 15 is 0 Å². The van der Waals surface area contributed by atoms with Crippen molar-refractivity contribution >= 4 is 38.9 Å². The van der Waals surface area contributed by atoms with E-state index in [2.05, 4.69) is 15.5 Å². The van der Waals surface area contributed by atoms with Crippen LogP contribution < -0.4 is 5.32 Å². The Morgan fingerprint density at radius 1 is 1.45 bits per heavy atom. The van der Waals surface area contributed by atoms with Crippen LogP contribution in [-0.4, -0.2) is 37.7 Å². The van der Waals surface area contributed by atoms with Crippen molar-refractivity contribution in [3.05, 3.63) is 29.6 Å². The van der Waals surface area contributed by atoms with Gasteiger partial charge < -0.3 is 5.32 Å². The predicted molar refractivity (Wildman–Crippen MR) is 75.1 cm³/mol. The van der Waals surface area contributed by atoms with Crippen LogP contribution in [0.15, 0.2) is 33.3 Å². The maximum atomic E-state index is 13.5. The van der Waals surface area contributed by atoms with Crippen LogP contribution in [0, 0.1) is 5.82 Å². The zero-order chi connectivity index (χ0) is 14.8. The number of amides is 1. The van der Waals surface area contributed by atoms with Crippen LogP contribution in [-0.2, 0) is 14.6 Å². The van der Waals surface area contributed by atoms with Gasteiger partial charge in [-0.05, 0) is 18.2 Å². The SMILES string of the molecule is CS(=O)(=O)c1ccc(F)c(C=NN=C2NC(=O)CS2)c1. The smallest absolute Gasteiger partial charge is 0.236 e. The van der Waals surface area contributed by atoms with Crippen LogP contribution in [0.25, 0.3) is 0 Å². The zero-order valence-corrected chi connectivity index (χ0v) is 12.0. The molecule has 1 saturated heterocycles. The summed E-state index contributed by atoms with van der Waals surface area (Å²) >= 11 is 1.18. The normalized spacial score (nSPS) is 17.9. The van der Waals surface area contributed by atoms with Crippen molar-refractivity contribution in [1.29, 1.82) is 0 Å². The highest BCUT2D eigenvalue weighted by atomic mass is 32.2. The van der Waals surface area contributed by atoms with E-state index in [1.165, 1.54) is 23.9 Å². The fraction of sp³-hybridized carbons (Fsp3) is 0.182. The van der Waals surface area contributed by atoms with Crippen molar-refractivity contribution in [3.8, 4) is 0 Å². The number of nitrogens with zero attached hydrogens (tertiary/aromatic N) is 2. The molecule has 0 spiro atoms. The lowest BCUT2D eigenvalue weighted by molar-refractivity contribution is -0.116. The third-order valence-corrected chi connectivity index (χ3v) is 4.30. The van der Waals surface area contributed by atoms with Gasteiger partial charge in [-0.1, -0.05) is 11.8 Å². The molecule has 0 atom stereocenters. The lowest BCUT2D eigenvalue weighted by Crippen LogP contribution is -2.19. The maximum absolute atomic E-state index is 13.5. The molecule has 0 unspecified atom stereocenters. The van der Waals surface area contributed by atoms with Crippen molar-refractivity contribution < 1.29 is 17.6 Å². The van der Waals surface area contributed by atoms with Gasteiger partial charge in [0.25, 0.3) is 0 Å². The monoisotopic (exact) mass is 315 g/mol. The van der Waals surface area contributed by atoms with Crippen LogP contribution >= 0.6 is 11.8 Å². The molecular weight excluding hydrogens is 305 g/mol. The summed E-state index contributed by atoms with van der Waals surface area (Å²) in [7, 11) is -3.42. The van der Waals surface area contributed by atoms with Crippen LogP contribution in [0.3, 0.4) is 0 Å². The van der Waals surface area contributed by atoms with Crippen LogP contribution in [0.4, 0.5) is 4.39 Å². The Hall–Kier alpha value is -1.74. The molecule has 1 fully saturated rings. The number of sulfone groups is 1. The number of hydrogen-bond acceptors (Lipinski definition) is 6. The molecule has 1 N–H and O–H groups in total. The van der Waals surface area contributed by atoms with Gasteiger partial charge in [0.05, 0.1) is 16.9 Å². The molecule has 20 heavy (non-hydrogen) atoms. The molecule has 1 aliphatic rings. The average Bonchev–Trinajstić information content (AvgIpc) is 2.76. The summed E-state index contributed by atoms with van der Waals surface area (Å²) < 4.78 is 36.3. The number of carbonyl (C=O) groups excluding carboxylic acids is 1. The lowest BCUT2D eigenvalue weighted by atomic mass is 10.2. The standard InChI is InChI=1S/C11H10FN3O3S2/c1-20(17,18)8-2-3-9(12)7(4-8)5-13-15-11-14-10(16)6-19-11/h2-5H,6H2,1H3,(H,14,15,16). The maximum Gasteiger partial charge on any atom is 0.236 e. The van der Waals surface area contributed by atoms with Crippen molar-refractivity contribution in [2.75, 3.05) is 12.0 Å². The van der Waals surface area contributed by atoms with Crippen molar-refractivity contribution in [2.45, 2.75) is 4.90 Å². The Balaban J connectivity index is 2.23. The van der Waals surface area contributed by atoms with Gasteiger partial charge in [-0.2, -0.15) is 5.10 Å². The first-order valence-electron chi connectivity index (χ1n) is 5.39. The molecule has 0 aromatic heterocycles. The number of nitrogens with one attached hydrogen (secondary N) is 1. The Bertz CT molecular complexity index is 714. The van der Waals surface area contributed by atoms with Gasteiger partial charge in [-0.25, -0.2) is 12.8 Å². The second-order valence-electron chi connectivity index (χ2n) is 3.94. The fourth-order valence-electron chi connectivity index (χ4n) is 1.37. The molecule has 0 bridgehead atoms. The molecular formula is C11H10FN3O3S2. The topological polar surface area (TPSA) is 88.0 Å². The predicted octanol–water partition coefficient (Wildman–Crippen LogP) is 0.782. The summed E-state index contributed by atoms with van der Waals surface area (Å²) in [6.45, 7) is 0. The summed E-state index contributed by atoms with van der Waals surface area (Å²) in [5.74, 6) is -0.509. The molecule has 1 aliphatic heterocycles. The van der Waals surface area contributed by atoms with E-state index in [1.54, 1.807) is 0 Å². The van der Waals surface area contributed by atoms with E-state index in [4.69, 9.17) is 0 Å². The fourth-order valence-corrected chi connectivity index (χ4v) is 2.66. The highest BCUT2D eigenvalue weighted by molar-refractivity contribution is 8.15. The quantitative estimate of drug-likeness (QED) is 0.507. The Labute approximate surface area is 119 Å². The Kier molecular flexibility index (Phi) is 4.19. The van der Waals surface area contributed by atoms with Gasteiger partial charge in [0.1, 0.15) is 5.82 Å². The lowest BCUT2D eigenvalue weighted by Gasteiger charge is -2.00. The van der Waals surface area contributed by atoms with E-state index in [9.17, 15) is 17.6 Å². The largest absolute Gasteiger partial charge is 0.303 e. The van der Waals surface area contributed by atoms with Gasteiger partial charge in [-0.15, -0.1) is 5.10 Å². The second kappa shape index (κ2) is 5.71. The number of thioether (sulfide) groups is 1. The molecule has 1 heterocycles. The summed E-state index contributed by atoms with van der Waals surface area (Å²) in [6, 6.07) is 3.41. The Morgan fingerprint density at radius 2 is 2.20 bits per heavy atom. The molecule has 1 aromatic carbocycles. The number of carbonyl (C=O) groups is 1. The molecule has 106 valence electrons. The first kappa shape index (κ1) is 14.7.